The van der Waals surface area contributed by atoms with Crippen molar-refractivity contribution in [2.24, 2.45) is 0 Å². The van der Waals surface area contributed by atoms with Crippen molar-refractivity contribution in [1.29, 1.82) is 0 Å². The van der Waals surface area contributed by atoms with Crippen molar-refractivity contribution in [3.05, 3.63) is 101 Å². The smallest absolute Gasteiger partial charge is 0.256 e. The summed E-state index contributed by atoms with van der Waals surface area (Å²) in [6, 6.07) is 20.2. The summed E-state index contributed by atoms with van der Waals surface area (Å²) in [7, 11) is 0. The summed E-state index contributed by atoms with van der Waals surface area (Å²) >= 11 is 0. The normalized spacial score (nSPS) is 10.6. The average Bonchev–Trinajstić information content (AvgIpc) is 3.15. The predicted octanol–water partition coefficient (Wildman–Crippen LogP) is 5.10. The lowest BCUT2D eigenvalue weighted by atomic mass is 10.2. The number of rotatable bonds is 8. The quantitative estimate of drug-likeness (QED) is 0.420. The fourth-order valence-electron chi connectivity index (χ4n) is 3.08. The van der Waals surface area contributed by atoms with Gasteiger partial charge in [0.2, 0.25) is 0 Å². The first kappa shape index (κ1) is 21.1. The molecule has 0 fully saturated rings. The van der Waals surface area contributed by atoms with Crippen molar-refractivity contribution >= 4 is 11.7 Å². The maximum absolute atomic E-state index is 12.7. The molecule has 4 aromatic rings. The molecule has 0 radical (unpaired) electrons. The highest BCUT2D eigenvalue weighted by atomic mass is 16.5. The van der Waals surface area contributed by atoms with Crippen LogP contribution in [0.4, 0.5) is 5.82 Å². The van der Waals surface area contributed by atoms with Gasteiger partial charge < -0.3 is 19.3 Å². The van der Waals surface area contributed by atoms with E-state index in [2.05, 4.69) is 15.5 Å². The Balaban J connectivity index is 1.38. The van der Waals surface area contributed by atoms with Crippen LogP contribution in [0.2, 0.25) is 0 Å². The minimum absolute atomic E-state index is 0.287. The summed E-state index contributed by atoms with van der Waals surface area (Å²) in [5.74, 6) is 1.97. The third kappa shape index (κ3) is 5.13. The lowest BCUT2D eigenvalue weighted by Crippen LogP contribution is -2.14. The highest BCUT2D eigenvalue weighted by Gasteiger charge is 2.13. The summed E-state index contributed by atoms with van der Waals surface area (Å²) in [6.45, 7) is 4.45. The van der Waals surface area contributed by atoms with Crippen molar-refractivity contribution in [3.63, 3.8) is 0 Å². The van der Waals surface area contributed by atoms with Crippen LogP contribution < -0.4 is 14.8 Å². The molecule has 32 heavy (non-hydrogen) atoms. The van der Waals surface area contributed by atoms with Crippen molar-refractivity contribution in [3.8, 4) is 11.5 Å². The van der Waals surface area contributed by atoms with Gasteiger partial charge in [0.1, 0.15) is 24.7 Å². The van der Waals surface area contributed by atoms with Gasteiger partial charge in [0.05, 0.1) is 11.3 Å². The van der Waals surface area contributed by atoms with E-state index in [-0.39, 0.29) is 5.91 Å². The van der Waals surface area contributed by atoms with Crippen LogP contribution in [0.25, 0.3) is 0 Å². The molecule has 2 heterocycles. The number of carbonyl (C=O) groups is 1. The van der Waals surface area contributed by atoms with Gasteiger partial charge in [0.15, 0.2) is 11.6 Å². The SMILES string of the molecule is Cc1noc(C)c1COc1ccc(C(=O)Nc2ncccc2OCc2ccccc2)cc1. The largest absolute Gasteiger partial charge is 0.489 e. The summed E-state index contributed by atoms with van der Waals surface area (Å²) in [4.78, 5) is 17.0. The minimum Gasteiger partial charge on any atom is -0.489 e. The number of benzene rings is 2. The summed E-state index contributed by atoms with van der Waals surface area (Å²) in [5.41, 5.74) is 3.24. The molecule has 0 bridgehead atoms. The standard InChI is InChI=1S/C25H23N3O4/c1-17-22(18(2)32-28-17)16-30-21-12-10-20(11-13-21)25(29)27-24-23(9-6-14-26-24)31-15-19-7-4-3-5-8-19/h3-14H,15-16H2,1-2H3,(H,26,27,29). The number of aryl methyl sites for hydroxylation is 2. The topological polar surface area (TPSA) is 86.5 Å². The minimum atomic E-state index is -0.287. The molecule has 1 amide bonds. The van der Waals surface area contributed by atoms with Crippen LogP contribution in [0.5, 0.6) is 11.5 Å². The fraction of sp³-hybridized carbons (Fsp3) is 0.160. The molecule has 2 aromatic carbocycles. The second kappa shape index (κ2) is 9.78. The van der Waals surface area contributed by atoms with Gasteiger partial charge in [-0.1, -0.05) is 35.5 Å². The first-order chi connectivity index (χ1) is 15.6. The molecule has 0 aliphatic rings. The van der Waals surface area contributed by atoms with Crippen LogP contribution in [-0.2, 0) is 13.2 Å². The molecule has 0 spiro atoms. The van der Waals surface area contributed by atoms with Crippen molar-refractivity contribution in [1.82, 2.24) is 10.1 Å². The average molecular weight is 429 g/mol. The maximum atomic E-state index is 12.7. The number of ether oxygens (including phenoxy) is 2. The summed E-state index contributed by atoms with van der Waals surface area (Å²) < 4.78 is 16.8. The number of anilines is 1. The van der Waals surface area contributed by atoms with Crippen LogP contribution in [0.1, 0.15) is 32.9 Å². The molecule has 1 N–H and O–H groups in total. The number of nitrogens with zero attached hydrogens (tertiary/aromatic N) is 2. The molecule has 0 aliphatic heterocycles. The third-order valence-electron chi connectivity index (χ3n) is 4.92. The second-order valence-electron chi connectivity index (χ2n) is 7.19. The molecule has 7 nitrogen and oxygen atoms in total. The lowest BCUT2D eigenvalue weighted by Gasteiger charge is -2.12. The van der Waals surface area contributed by atoms with Gasteiger partial charge in [-0.3, -0.25) is 4.79 Å². The molecule has 0 saturated carbocycles. The zero-order valence-corrected chi connectivity index (χ0v) is 17.9. The van der Waals surface area contributed by atoms with Crippen LogP contribution in [0.15, 0.2) is 77.4 Å². The first-order valence-corrected chi connectivity index (χ1v) is 10.2. The Labute approximate surface area is 186 Å². The van der Waals surface area contributed by atoms with E-state index in [0.29, 0.717) is 36.1 Å². The first-order valence-electron chi connectivity index (χ1n) is 10.2. The zero-order valence-electron chi connectivity index (χ0n) is 17.9. The molecule has 7 heteroatoms. The molecule has 0 aliphatic carbocycles. The highest BCUT2D eigenvalue weighted by Crippen LogP contribution is 2.23. The van der Waals surface area contributed by atoms with E-state index in [1.54, 1.807) is 42.6 Å². The molecule has 162 valence electrons. The van der Waals surface area contributed by atoms with Gasteiger partial charge in [-0.15, -0.1) is 0 Å². The Morgan fingerprint density at radius 3 is 2.44 bits per heavy atom. The van der Waals surface area contributed by atoms with E-state index < -0.39 is 0 Å². The van der Waals surface area contributed by atoms with E-state index in [1.165, 1.54) is 0 Å². The summed E-state index contributed by atoms with van der Waals surface area (Å²) in [5, 5.41) is 6.73. The zero-order chi connectivity index (χ0) is 22.3. The maximum Gasteiger partial charge on any atom is 0.256 e. The van der Waals surface area contributed by atoms with Gasteiger partial charge in [0.25, 0.3) is 5.91 Å². The Kier molecular flexibility index (Phi) is 6.46. The van der Waals surface area contributed by atoms with Crippen molar-refractivity contribution < 1.29 is 18.8 Å². The van der Waals surface area contributed by atoms with Gasteiger partial charge in [-0.25, -0.2) is 4.98 Å². The van der Waals surface area contributed by atoms with Crippen LogP contribution in [0, 0.1) is 13.8 Å². The molecule has 0 unspecified atom stereocenters. The molecule has 0 saturated heterocycles. The number of pyridine rings is 1. The second-order valence-corrected chi connectivity index (χ2v) is 7.19. The van der Waals surface area contributed by atoms with E-state index in [1.807, 2.05) is 44.2 Å². The highest BCUT2D eigenvalue weighted by molar-refractivity contribution is 6.04. The molecular formula is C25H23N3O4. The predicted molar refractivity (Wildman–Crippen MR) is 120 cm³/mol. The Bertz CT molecular complexity index is 1170. The molecular weight excluding hydrogens is 406 g/mol. The number of aromatic nitrogens is 2. The lowest BCUT2D eigenvalue weighted by molar-refractivity contribution is 0.102. The molecule has 4 rings (SSSR count). The van der Waals surface area contributed by atoms with Gasteiger partial charge >= 0.3 is 0 Å². The van der Waals surface area contributed by atoms with Gasteiger partial charge in [-0.05, 0) is 55.8 Å². The number of hydrogen-bond donors (Lipinski definition) is 1. The van der Waals surface area contributed by atoms with E-state index in [0.717, 1.165) is 22.6 Å². The van der Waals surface area contributed by atoms with Gasteiger partial charge in [-0.2, -0.15) is 0 Å². The Morgan fingerprint density at radius 2 is 1.72 bits per heavy atom. The Hall–Kier alpha value is -4.13. The molecule has 2 aromatic heterocycles. The Morgan fingerprint density at radius 1 is 0.938 bits per heavy atom. The summed E-state index contributed by atoms with van der Waals surface area (Å²) in [6.07, 6.45) is 1.61. The van der Waals surface area contributed by atoms with Crippen LogP contribution in [-0.4, -0.2) is 16.0 Å². The van der Waals surface area contributed by atoms with E-state index in [4.69, 9.17) is 14.0 Å². The van der Waals surface area contributed by atoms with E-state index in [9.17, 15) is 4.79 Å². The van der Waals surface area contributed by atoms with Crippen LogP contribution >= 0.6 is 0 Å². The van der Waals surface area contributed by atoms with Gasteiger partial charge in [0, 0.05) is 11.8 Å². The van der Waals surface area contributed by atoms with Crippen molar-refractivity contribution in [2.75, 3.05) is 5.32 Å². The third-order valence-corrected chi connectivity index (χ3v) is 4.92. The molecule has 0 atom stereocenters. The number of amides is 1. The number of carbonyl (C=O) groups excluding carboxylic acids is 1. The number of nitrogens with one attached hydrogen (secondary N) is 1. The van der Waals surface area contributed by atoms with Crippen LogP contribution in [0.3, 0.4) is 0 Å². The van der Waals surface area contributed by atoms with E-state index >= 15 is 0 Å². The number of hydrogen-bond acceptors (Lipinski definition) is 6. The van der Waals surface area contributed by atoms with Crippen molar-refractivity contribution in [2.45, 2.75) is 27.1 Å². The fourth-order valence-corrected chi connectivity index (χ4v) is 3.08. The monoisotopic (exact) mass is 429 g/mol.